The van der Waals surface area contributed by atoms with Crippen LogP contribution in [-0.2, 0) is 0 Å². The molecular weight excluding hydrogens is 166 g/mol. The molecule has 0 heterocycles. The summed E-state index contributed by atoms with van der Waals surface area (Å²) in [7, 11) is 0. The maximum Gasteiger partial charge on any atom is 0.234 e. The van der Waals surface area contributed by atoms with E-state index < -0.39 is 0 Å². The summed E-state index contributed by atoms with van der Waals surface area (Å²) in [6.45, 7) is 4.29. The van der Waals surface area contributed by atoms with Gasteiger partial charge in [-0.3, -0.25) is 10.1 Å². The molecule has 3 heteroatoms. The first kappa shape index (κ1) is 8.73. The van der Waals surface area contributed by atoms with Crippen molar-refractivity contribution in [1.82, 2.24) is 0 Å². The fourth-order valence-electron chi connectivity index (χ4n) is 3.07. The SMILES string of the molecule is CC1(C)/C(=C\[N+](=O)[O-])C2CCC1C2. The molecule has 2 rings (SSSR count). The second-order valence-electron chi connectivity index (χ2n) is 4.80. The van der Waals surface area contributed by atoms with E-state index in [1.165, 1.54) is 19.0 Å². The molecule has 0 aromatic heterocycles. The minimum absolute atomic E-state index is 0.0794. The van der Waals surface area contributed by atoms with Crippen molar-refractivity contribution in [3.63, 3.8) is 0 Å². The van der Waals surface area contributed by atoms with Gasteiger partial charge in [-0.1, -0.05) is 13.8 Å². The molecule has 13 heavy (non-hydrogen) atoms. The third kappa shape index (κ3) is 1.18. The molecule has 0 spiro atoms. The topological polar surface area (TPSA) is 43.1 Å². The van der Waals surface area contributed by atoms with Crippen LogP contribution in [0.1, 0.15) is 33.1 Å². The minimum Gasteiger partial charge on any atom is -0.259 e. The number of rotatable bonds is 1. The van der Waals surface area contributed by atoms with Gasteiger partial charge in [-0.15, -0.1) is 0 Å². The molecule has 0 aliphatic heterocycles. The van der Waals surface area contributed by atoms with Crippen molar-refractivity contribution in [1.29, 1.82) is 0 Å². The summed E-state index contributed by atoms with van der Waals surface area (Å²) >= 11 is 0. The van der Waals surface area contributed by atoms with Gasteiger partial charge in [0.05, 0.1) is 4.92 Å². The zero-order valence-corrected chi connectivity index (χ0v) is 8.12. The Balaban J connectivity index is 2.34. The van der Waals surface area contributed by atoms with Gasteiger partial charge in [0, 0.05) is 5.57 Å². The lowest BCUT2D eigenvalue weighted by atomic mass is 9.73. The van der Waals surface area contributed by atoms with Crippen LogP contribution in [0.2, 0.25) is 0 Å². The van der Waals surface area contributed by atoms with E-state index in [0.717, 1.165) is 12.0 Å². The van der Waals surface area contributed by atoms with E-state index in [2.05, 4.69) is 13.8 Å². The molecule has 0 aromatic carbocycles. The fraction of sp³-hybridized carbons (Fsp3) is 0.800. The first-order valence-corrected chi connectivity index (χ1v) is 4.87. The number of nitro groups is 1. The van der Waals surface area contributed by atoms with E-state index in [-0.39, 0.29) is 10.3 Å². The molecule has 2 unspecified atom stereocenters. The van der Waals surface area contributed by atoms with E-state index in [1.807, 2.05) is 0 Å². The first-order chi connectivity index (χ1) is 6.01. The standard InChI is InChI=1S/C10H15NO2/c1-10(2)8-4-3-7(5-8)9(10)6-11(12)13/h6-8H,3-5H2,1-2H3/b9-6-. The third-order valence-electron chi connectivity index (χ3n) is 3.88. The maximum atomic E-state index is 10.4. The van der Waals surface area contributed by atoms with Gasteiger partial charge in [0.2, 0.25) is 6.20 Å². The summed E-state index contributed by atoms with van der Waals surface area (Å²) in [6, 6.07) is 0. The smallest absolute Gasteiger partial charge is 0.234 e. The Morgan fingerprint density at radius 1 is 1.54 bits per heavy atom. The van der Waals surface area contributed by atoms with E-state index in [0.29, 0.717) is 11.8 Å². The predicted molar refractivity (Wildman–Crippen MR) is 49.7 cm³/mol. The molecule has 2 aliphatic rings. The highest BCUT2D eigenvalue weighted by Crippen LogP contribution is 2.58. The number of allylic oxidation sites excluding steroid dienone is 1. The van der Waals surface area contributed by atoms with Crippen LogP contribution in [0, 0.1) is 27.4 Å². The van der Waals surface area contributed by atoms with Gasteiger partial charge in [0.15, 0.2) is 0 Å². The Morgan fingerprint density at radius 3 is 2.69 bits per heavy atom. The van der Waals surface area contributed by atoms with Crippen molar-refractivity contribution in [3.8, 4) is 0 Å². The monoisotopic (exact) mass is 181 g/mol. The van der Waals surface area contributed by atoms with Crippen LogP contribution in [0.15, 0.2) is 11.8 Å². The molecular formula is C10H15NO2. The minimum atomic E-state index is -0.294. The molecule has 2 fully saturated rings. The van der Waals surface area contributed by atoms with Gasteiger partial charge in [-0.2, -0.15) is 0 Å². The Morgan fingerprint density at radius 2 is 2.23 bits per heavy atom. The molecule has 0 N–H and O–H groups in total. The van der Waals surface area contributed by atoms with E-state index >= 15 is 0 Å². The lowest BCUT2D eigenvalue weighted by Gasteiger charge is -2.30. The quantitative estimate of drug-likeness (QED) is 0.461. The van der Waals surface area contributed by atoms with Crippen molar-refractivity contribution in [2.24, 2.45) is 17.3 Å². The average Bonchev–Trinajstić information content (AvgIpc) is 2.53. The van der Waals surface area contributed by atoms with Crippen LogP contribution >= 0.6 is 0 Å². The van der Waals surface area contributed by atoms with Crippen LogP contribution in [0.25, 0.3) is 0 Å². The molecule has 0 radical (unpaired) electrons. The van der Waals surface area contributed by atoms with Gasteiger partial charge in [0.1, 0.15) is 0 Å². The number of hydrogen-bond acceptors (Lipinski definition) is 2. The fourth-order valence-corrected chi connectivity index (χ4v) is 3.07. The first-order valence-electron chi connectivity index (χ1n) is 4.87. The van der Waals surface area contributed by atoms with Crippen molar-refractivity contribution >= 4 is 0 Å². The van der Waals surface area contributed by atoms with Crippen molar-refractivity contribution in [2.75, 3.05) is 0 Å². The summed E-state index contributed by atoms with van der Waals surface area (Å²) in [5.41, 5.74) is 1.16. The average molecular weight is 181 g/mol. The summed E-state index contributed by atoms with van der Waals surface area (Å²) in [5.74, 6) is 1.19. The Labute approximate surface area is 78.0 Å². The summed E-state index contributed by atoms with van der Waals surface area (Å²) in [6.07, 6.45) is 4.84. The van der Waals surface area contributed by atoms with Gasteiger partial charge in [0.25, 0.3) is 0 Å². The highest BCUT2D eigenvalue weighted by molar-refractivity contribution is 5.24. The number of fused-ring (bicyclic) bond motifs is 2. The molecule has 2 saturated carbocycles. The van der Waals surface area contributed by atoms with Crippen molar-refractivity contribution in [3.05, 3.63) is 21.9 Å². The Bertz CT molecular complexity index is 281. The van der Waals surface area contributed by atoms with Crippen LogP contribution in [-0.4, -0.2) is 4.92 Å². The molecule has 0 amide bonds. The molecule has 72 valence electrons. The molecule has 0 saturated heterocycles. The summed E-state index contributed by atoms with van der Waals surface area (Å²) < 4.78 is 0. The zero-order valence-electron chi connectivity index (χ0n) is 8.12. The third-order valence-corrected chi connectivity index (χ3v) is 3.88. The van der Waals surface area contributed by atoms with E-state index in [1.54, 1.807) is 0 Å². The molecule has 3 nitrogen and oxygen atoms in total. The van der Waals surface area contributed by atoms with Crippen molar-refractivity contribution in [2.45, 2.75) is 33.1 Å². The van der Waals surface area contributed by atoms with Gasteiger partial charge < -0.3 is 0 Å². The normalized spacial score (nSPS) is 38.5. The predicted octanol–water partition coefficient (Wildman–Crippen LogP) is 2.60. The van der Waals surface area contributed by atoms with Gasteiger partial charge >= 0.3 is 0 Å². The Kier molecular flexibility index (Phi) is 1.72. The number of nitrogens with zero attached hydrogens (tertiary/aromatic N) is 1. The summed E-state index contributed by atoms with van der Waals surface area (Å²) in [4.78, 5) is 10.2. The van der Waals surface area contributed by atoms with Gasteiger partial charge in [-0.05, 0) is 36.5 Å². The van der Waals surface area contributed by atoms with E-state index in [4.69, 9.17) is 0 Å². The van der Waals surface area contributed by atoms with Crippen LogP contribution in [0.5, 0.6) is 0 Å². The van der Waals surface area contributed by atoms with Crippen LogP contribution in [0.3, 0.4) is 0 Å². The van der Waals surface area contributed by atoms with Gasteiger partial charge in [-0.25, -0.2) is 0 Å². The van der Waals surface area contributed by atoms with Crippen LogP contribution in [0.4, 0.5) is 0 Å². The number of hydrogen-bond donors (Lipinski definition) is 0. The molecule has 2 aliphatic carbocycles. The highest BCUT2D eigenvalue weighted by Gasteiger charge is 2.50. The second-order valence-corrected chi connectivity index (χ2v) is 4.80. The highest BCUT2D eigenvalue weighted by atomic mass is 16.6. The zero-order chi connectivity index (χ0) is 9.64. The second kappa shape index (κ2) is 2.56. The van der Waals surface area contributed by atoms with E-state index in [9.17, 15) is 10.1 Å². The lowest BCUT2D eigenvalue weighted by Crippen LogP contribution is -2.23. The Hall–Kier alpha value is -0.860. The van der Waals surface area contributed by atoms with Crippen molar-refractivity contribution < 1.29 is 4.92 Å². The molecule has 2 bridgehead atoms. The largest absolute Gasteiger partial charge is 0.259 e. The molecule has 2 atom stereocenters. The summed E-state index contributed by atoms with van der Waals surface area (Å²) in [5, 5.41) is 10.4. The molecule has 0 aromatic rings. The maximum absolute atomic E-state index is 10.4. The lowest BCUT2D eigenvalue weighted by molar-refractivity contribution is -0.404. The van der Waals surface area contributed by atoms with Crippen LogP contribution < -0.4 is 0 Å².